The predicted molar refractivity (Wildman–Crippen MR) is 157 cm³/mol. The first kappa shape index (κ1) is 24.2. The van der Waals surface area contributed by atoms with Crippen LogP contribution >= 0.6 is 11.8 Å². The summed E-state index contributed by atoms with van der Waals surface area (Å²) in [7, 11) is 0. The second-order valence-corrected chi connectivity index (χ2v) is 11.2. The summed E-state index contributed by atoms with van der Waals surface area (Å²) < 4.78 is 0. The van der Waals surface area contributed by atoms with E-state index in [2.05, 4.69) is 48.4 Å². The number of allylic oxidation sites excluding steroid dienone is 2. The van der Waals surface area contributed by atoms with Gasteiger partial charge in [-0.05, 0) is 35.9 Å². The molecule has 1 aliphatic rings. The molecule has 0 saturated heterocycles. The third kappa shape index (κ3) is 4.62. The normalized spacial score (nSPS) is 15.0. The molecule has 1 atom stereocenters. The van der Waals surface area contributed by atoms with Gasteiger partial charge in [-0.3, -0.25) is 24.8 Å². The number of nitrogens with one attached hydrogen (secondary N) is 3. The van der Waals surface area contributed by atoms with Gasteiger partial charge >= 0.3 is 0 Å². The molecule has 0 radical (unpaired) electrons. The SMILES string of the molecule is CC1=CCC(c2cncc3[nH]c(-c4n[nH]c5cnc(-c6cncc(NC(=O)Cc7ccccc7)c6)cc45)nc23)S1. The van der Waals surface area contributed by atoms with Crippen molar-refractivity contribution < 1.29 is 4.79 Å². The van der Waals surface area contributed by atoms with Crippen molar-refractivity contribution in [1.82, 2.24) is 35.1 Å². The van der Waals surface area contributed by atoms with E-state index in [4.69, 9.17) is 4.98 Å². The molecule has 1 unspecified atom stereocenters. The quantitative estimate of drug-likeness (QED) is 0.227. The molecule has 0 bridgehead atoms. The minimum Gasteiger partial charge on any atom is -0.335 e. The molecule has 6 aromatic rings. The van der Waals surface area contributed by atoms with Crippen LogP contribution in [-0.2, 0) is 11.2 Å². The molecule has 1 aromatic carbocycles. The van der Waals surface area contributed by atoms with Crippen LogP contribution in [0.25, 0.3) is 44.7 Å². The number of hydrogen-bond donors (Lipinski definition) is 3. The van der Waals surface area contributed by atoms with E-state index in [1.165, 1.54) is 4.91 Å². The number of amides is 1. The number of fused-ring (bicyclic) bond motifs is 2. The summed E-state index contributed by atoms with van der Waals surface area (Å²) in [6.07, 6.45) is 12.4. The Balaban J connectivity index is 1.19. The maximum absolute atomic E-state index is 12.6. The van der Waals surface area contributed by atoms with Gasteiger partial charge in [-0.25, -0.2) is 4.98 Å². The van der Waals surface area contributed by atoms with Crippen LogP contribution in [-0.4, -0.2) is 41.0 Å². The number of imidazole rings is 1. The van der Waals surface area contributed by atoms with Crippen LogP contribution in [0.3, 0.4) is 0 Å². The van der Waals surface area contributed by atoms with E-state index in [0.717, 1.165) is 45.0 Å². The lowest BCUT2D eigenvalue weighted by Crippen LogP contribution is -2.14. The number of nitrogens with zero attached hydrogens (tertiary/aromatic N) is 5. The van der Waals surface area contributed by atoms with Crippen molar-refractivity contribution in [2.75, 3.05) is 5.32 Å². The van der Waals surface area contributed by atoms with Crippen LogP contribution in [0.4, 0.5) is 5.69 Å². The van der Waals surface area contributed by atoms with Gasteiger partial charge in [-0.2, -0.15) is 5.10 Å². The zero-order chi connectivity index (χ0) is 27.1. The van der Waals surface area contributed by atoms with Crippen LogP contribution < -0.4 is 5.32 Å². The molecule has 7 rings (SSSR count). The molecule has 40 heavy (non-hydrogen) atoms. The van der Waals surface area contributed by atoms with Gasteiger partial charge in [-0.1, -0.05) is 36.4 Å². The minimum absolute atomic E-state index is 0.105. The van der Waals surface area contributed by atoms with Gasteiger partial charge in [-0.15, -0.1) is 11.8 Å². The van der Waals surface area contributed by atoms with E-state index >= 15 is 0 Å². The topological polar surface area (TPSA) is 125 Å². The molecule has 0 spiro atoms. The number of thioether (sulfide) groups is 1. The second kappa shape index (κ2) is 10.0. The van der Waals surface area contributed by atoms with Crippen molar-refractivity contribution >= 4 is 45.3 Å². The van der Waals surface area contributed by atoms with Gasteiger partial charge in [0, 0.05) is 34.2 Å². The number of anilines is 1. The number of carbonyl (C=O) groups excluding carboxylic acids is 1. The van der Waals surface area contributed by atoms with E-state index < -0.39 is 0 Å². The average Bonchev–Trinajstić information content (AvgIpc) is 3.71. The largest absolute Gasteiger partial charge is 0.335 e. The lowest BCUT2D eigenvalue weighted by atomic mass is 10.1. The van der Waals surface area contributed by atoms with Crippen LogP contribution in [0.15, 0.2) is 84.4 Å². The van der Waals surface area contributed by atoms with E-state index in [-0.39, 0.29) is 12.3 Å². The number of hydrogen-bond acceptors (Lipinski definition) is 7. The highest BCUT2D eigenvalue weighted by Gasteiger charge is 2.23. The predicted octanol–water partition coefficient (Wildman–Crippen LogP) is 6.22. The molecule has 1 amide bonds. The summed E-state index contributed by atoms with van der Waals surface area (Å²) in [5.74, 6) is 0.562. The zero-order valence-electron chi connectivity index (χ0n) is 21.5. The molecule has 0 fully saturated rings. The highest BCUT2D eigenvalue weighted by atomic mass is 32.2. The Labute approximate surface area is 233 Å². The Bertz CT molecular complexity index is 1910. The lowest BCUT2D eigenvalue weighted by molar-refractivity contribution is -0.115. The minimum atomic E-state index is -0.105. The van der Waals surface area contributed by atoms with Gasteiger partial charge in [0.15, 0.2) is 5.82 Å². The number of pyridine rings is 3. The smallest absolute Gasteiger partial charge is 0.228 e. The van der Waals surface area contributed by atoms with E-state index in [1.54, 1.807) is 24.8 Å². The number of carbonyl (C=O) groups is 1. The third-order valence-electron chi connectivity index (χ3n) is 6.91. The summed E-state index contributed by atoms with van der Waals surface area (Å²) in [5, 5.41) is 11.8. The van der Waals surface area contributed by atoms with Crippen molar-refractivity contribution in [2.45, 2.75) is 25.0 Å². The number of aromatic amines is 2. The average molecular weight is 545 g/mol. The van der Waals surface area contributed by atoms with Gasteiger partial charge < -0.3 is 10.3 Å². The van der Waals surface area contributed by atoms with Gasteiger partial charge in [0.2, 0.25) is 5.91 Å². The van der Waals surface area contributed by atoms with Crippen LogP contribution in [0.2, 0.25) is 0 Å². The molecule has 5 aromatic heterocycles. The summed E-state index contributed by atoms with van der Waals surface area (Å²) in [6.45, 7) is 2.14. The Morgan fingerprint density at radius 1 is 1.05 bits per heavy atom. The van der Waals surface area contributed by atoms with Crippen molar-refractivity contribution in [1.29, 1.82) is 0 Å². The first-order valence-corrected chi connectivity index (χ1v) is 13.8. The first-order chi connectivity index (χ1) is 19.6. The summed E-state index contributed by atoms with van der Waals surface area (Å²) in [5.41, 5.74) is 7.47. The molecule has 0 aliphatic carbocycles. The summed E-state index contributed by atoms with van der Waals surface area (Å²) in [6, 6.07) is 13.5. The molecule has 1 aliphatic heterocycles. The van der Waals surface area contributed by atoms with Crippen LogP contribution in [0.1, 0.15) is 29.7 Å². The van der Waals surface area contributed by atoms with Crippen molar-refractivity contribution in [3.8, 4) is 22.8 Å². The highest BCUT2D eigenvalue weighted by molar-refractivity contribution is 8.03. The maximum atomic E-state index is 12.6. The fraction of sp³-hybridized carbons (Fsp3) is 0.133. The third-order valence-corrected chi connectivity index (χ3v) is 8.18. The summed E-state index contributed by atoms with van der Waals surface area (Å²) in [4.78, 5) is 35.7. The molecular formula is C30H24N8OS. The molecular weight excluding hydrogens is 520 g/mol. The molecule has 9 nitrogen and oxygen atoms in total. The van der Waals surface area contributed by atoms with E-state index in [1.807, 2.05) is 60.4 Å². The van der Waals surface area contributed by atoms with Gasteiger partial charge in [0.1, 0.15) is 5.69 Å². The Morgan fingerprint density at radius 2 is 1.93 bits per heavy atom. The van der Waals surface area contributed by atoms with Crippen LogP contribution in [0.5, 0.6) is 0 Å². The zero-order valence-corrected chi connectivity index (χ0v) is 22.4. The standard InChI is InChI=1S/C30H24N8OS/c1-17-7-8-26(40-17)22-14-32-15-25-28(22)36-30(35-25)29-21-11-23(33-16-24(21)37-38-29)19-10-20(13-31-12-19)34-27(39)9-18-5-3-2-4-6-18/h2-7,10-16,26H,8-9H2,1H3,(H,34,39)(H,35,36)(H,37,38). The number of aromatic nitrogens is 7. The van der Waals surface area contributed by atoms with Crippen molar-refractivity contribution in [3.63, 3.8) is 0 Å². The van der Waals surface area contributed by atoms with Gasteiger partial charge in [0.05, 0.1) is 52.9 Å². The fourth-order valence-electron chi connectivity index (χ4n) is 4.98. The fourth-order valence-corrected chi connectivity index (χ4v) is 6.11. The second-order valence-electron chi connectivity index (χ2n) is 9.73. The number of rotatable bonds is 6. The molecule has 3 N–H and O–H groups in total. The monoisotopic (exact) mass is 544 g/mol. The van der Waals surface area contributed by atoms with Crippen molar-refractivity contribution in [3.05, 3.63) is 95.6 Å². The van der Waals surface area contributed by atoms with E-state index in [9.17, 15) is 4.79 Å². The van der Waals surface area contributed by atoms with Crippen molar-refractivity contribution in [2.24, 2.45) is 0 Å². The highest BCUT2D eigenvalue weighted by Crippen LogP contribution is 2.45. The molecule has 10 heteroatoms. The molecule has 6 heterocycles. The molecule has 196 valence electrons. The maximum Gasteiger partial charge on any atom is 0.228 e. The Morgan fingerprint density at radius 3 is 2.77 bits per heavy atom. The first-order valence-electron chi connectivity index (χ1n) is 12.9. The van der Waals surface area contributed by atoms with Gasteiger partial charge in [0.25, 0.3) is 0 Å². The Kier molecular flexibility index (Phi) is 6.09. The van der Waals surface area contributed by atoms with Crippen LogP contribution in [0, 0.1) is 0 Å². The summed E-state index contributed by atoms with van der Waals surface area (Å²) >= 11 is 1.85. The van der Waals surface area contributed by atoms with E-state index in [0.29, 0.717) is 28.1 Å². The Hall–Kier alpha value is -4.83. The lowest BCUT2D eigenvalue weighted by Gasteiger charge is -2.09. The number of benzene rings is 1. The molecule has 0 saturated carbocycles. The number of H-pyrrole nitrogens is 2.